The van der Waals surface area contributed by atoms with Crippen molar-refractivity contribution in [3.63, 3.8) is 0 Å². The summed E-state index contributed by atoms with van der Waals surface area (Å²) in [6.07, 6.45) is -2.41. The normalized spacial score (nSPS) is 38.4. The van der Waals surface area contributed by atoms with E-state index in [4.69, 9.17) is 30.0 Å². The molecule has 0 radical (unpaired) electrons. The number of aliphatic hydroxyl groups excluding tert-OH is 1. The van der Waals surface area contributed by atoms with Gasteiger partial charge in [0, 0.05) is 29.6 Å². The molecule has 0 aromatic carbocycles. The number of rotatable bonds is 8. The predicted octanol–water partition coefficient (Wildman–Crippen LogP) is 3.07. The van der Waals surface area contributed by atoms with Crippen LogP contribution in [0.25, 0.3) is 20.9 Å². The molecule has 0 spiro atoms. The molecule has 2 saturated heterocycles. The minimum atomic E-state index is -0.929. The molecule has 0 aromatic heterocycles. The van der Waals surface area contributed by atoms with Gasteiger partial charge >= 0.3 is 11.9 Å². The number of carbonyl (C=O) groups is 2. The zero-order valence-corrected chi connectivity index (χ0v) is 20.0. The molecule has 6 unspecified atom stereocenters. The third-order valence-corrected chi connectivity index (χ3v) is 7.30. The van der Waals surface area contributed by atoms with E-state index in [9.17, 15) is 14.7 Å². The van der Waals surface area contributed by atoms with Crippen molar-refractivity contribution >= 4 is 23.7 Å². The molecule has 14 heteroatoms. The van der Waals surface area contributed by atoms with Gasteiger partial charge in [0.1, 0.15) is 23.1 Å². The number of ether oxygens (including phenoxy) is 4. The highest BCUT2D eigenvalue weighted by molar-refractivity contribution is 8.00. The monoisotopic (exact) mass is 486 g/mol. The number of hydrogen-bond donors (Lipinski definition) is 1. The largest absolute Gasteiger partial charge is 0.459 e. The van der Waals surface area contributed by atoms with Crippen LogP contribution in [0.15, 0.2) is 10.2 Å². The van der Waals surface area contributed by atoms with Gasteiger partial charge in [-0.1, -0.05) is 42.8 Å². The fraction of sp³-hybridized carbons (Fsp3) is 0.895. The Morgan fingerprint density at radius 3 is 1.94 bits per heavy atom. The van der Waals surface area contributed by atoms with Crippen LogP contribution in [-0.2, 0) is 28.5 Å². The van der Waals surface area contributed by atoms with Crippen LogP contribution in [0, 0.1) is 11.8 Å². The molecule has 1 N–H and O–H groups in total. The molecule has 33 heavy (non-hydrogen) atoms. The first kappa shape index (κ1) is 27.0. The number of thioether (sulfide) groups is 1. The van der Waals surface area contributed by atoms with Crippen molar-refractivity contribution in [3.05, 3.63) is 20.9 Å². The molecule has 0 saturated carbocycles. The van der Waals surface area contributed by atoms with Crippen LogP contribution in [0.1, 0.15) is 41.0 Å². The topological polar surface area (TPSA) is 189 Å². The molecule has 2 heterocycles. The van der Waals surface area contributed by atoms with E-state index in [2.05, 4.69) is 20.1 Å². The van der Waals surface area contributed by atoms with E-state index in [1.165, 1.54) is 25.6 Å². The van der Waals surface area contributed by atoms with Crippen LogP contribution >= 0.6 is 11.8 Å². The lowest BCUT2D eigenvalue weighted by Gasteiger charge is -2.47. The SMILES string of the molecule is CCC1OC(S[C@@H]2OC(CO)C(C)[C@@H](N=[N+]=[N-])C2OC(C)=O)[C@H](C)C(N=[N+]=[N-])[C@H]1OC(C)=O. The second kappa shape index (κ2) is 12.3. The van der Waals surface area contributed by atoms with Crippen molar-refractivity contribution in [1.29, 1.82) is 0 Å². The first-order chi connectivity index (χ1) is 15.7. The first-order valence-corrected chi connectivity index (χ1v) is 11.6. The maximum atomic E-state index is 11.8. The molecule has 2 rings (SSSR count). The minimum absolute atomic E-state index is 0.322. The summed E-state index contributed by atoms with van der Waals surface area (Å²) in [5, 5.41) is 17.5. The fourth-order valence-electron chi connectivity index (χ4n) is 4.16. The molecule has 2 aliphatic heterocycles. The Kier molecular flexibility index (Phi) is 10.1. The van der Waals surface area contributed by atoms with Gasteiger partial charge in [-0.3, -0.25) is 9.59 Å². The van der Waals surface area contributed by atoms with Crippen LogP contribution in [0.3, 0.4) is 0 Å². The fourth-order valence-corrected chi connectivity index (χ4v) is 5.62. The molecule has 0 bridgehead atoms. The lowest BCUT2D eigenvalue weighted by atomic mass is 9.89. The Morgan fingerprint density at radius 1 is 0.939 bits per heavy atom. The number of esters is 2. The van der Waals surface area contributed by atoms with E-state index in [0.717, 1.165) is 0 Å². The summed E-state index contributed by atoms with van der Waals surface area (Å²) in [5.74, 6) is -1.91. The summed E-state index contributed by atoms with van der Waals surface area (Å²) in [7, 11) is 0. The van der Waals surface area contributed by atoms with Gasteiger partial charge in [0.15, 0.2) is 0 Å². The van der Waals surface area contributed by atoms with Crippen LogP contribution < -0.4 is 0 Å². The third-order valence-electron chi connectivity index (χ3n) is 5.84. The van der Waals surface area contributed by atoms with Crippen LogP contribution in [0.4, 0.5) is 0 Å². The summed E-state index contributed by atoms with van der Waals surface area (Å²) in [6, 6.07) is -1.48. The van der Waals surface area contributed by atoms with Gasteiger partial charge in [-0.2, -0.15) is 0 Å². The van der Waals surface area contributed by atoms with Gasteiger partial charge in [-0.05, 0) is 23.4 Å². The van der Waals surface area contributed by atoms with Crippen LogP contribution in [0.5, 0.6) is 0 Å². The summed E-state index contributed by atoms with van der Waals surface area (Å²) < 4.78 is 23.1. The molecule has 2 aliphatic rings. The van der Waals surface area contributed by atoms with Crippen LogP contribution in [0.2, 0.25) is 0 Å². The molecule has 0 aliphatic carbocycles. The Morgan fingerprint density at radius 2 is 1.45 bits per heavy atom. The van der Waals surface area contributed by atoms with Gasteiger partial charge in [0.25, 0.3) is 0 Å². The van der Waals surface area contributed by atoms with Crippen molar-refractivity contribution < 1.29 is 33.6 Å². The molecule has 0 aromatic rings. The maximum Gasteiger partial charge on any atom is 0.303 e. The van der Waals surface area contributed by atoms with E-state index < -0.39 is 71.1 Å². The van der Waals surface area contributed by atoms with Crippen molar-refractivity contribution in [3.8, 4) is 0 Å². The Bertz CT molecular complexity index is 806. The second-order valence-electron chi connectivity index (χ2n) is 8.07. The quantitative estimate of drug-likeness (QED) is 0.234. The van der Waals surface area contributed by atoms with Gasteiger partial charge in [0.05, 0.1) is 30.9 Å². The predicted molar refractivity (Wildman–Crippen MR) is 118 cm³/mol. The van der Waals surface area contributed by atoms with Crippen molar-refractivity contribution in [2.45, 2.75) is 88.4 Å². The highest BCUT2D eigenvalue weighted by Gasteiger charge is 2.50. The molecular weight excluding hydrogens is 456 g/mol. The minimum Gasteiger partial charge on any atom is -0.459 e. The number of nitrogens with zero attached hydrogens (tertiary/aromatic N) is 6. The summed E-state index contributed by atoms with van der Waals surface area (Å²) >= 11 is 1.18. The van der Waals surface area contributed by atoms with E-state index in [1.807, 2.05) is 6.92 Å². The zero-order chi connectivity index (χ0) is 24.7. The van der Waals surface area contributed by atoms with E-state index in [0.29, 0.717) is 6.42 Å². The molecule has 10 atom stereocenters. The highest BCUT2D eigenvalue weighted by Crippen LogP contribution is 2.43. The average Bonchev–Trinajstić information content (AvgIpc) is 2.76. The summed E-state index contributed by atoms with van der Waals surface area (Å²) in [4.78, 5) is 29.2. The Hall–Kier alpha value is -2.21. The van der Waals surface area contributed by atoms with Crippen molar-refractivity contribution in [2.75, 3.05) is 6.61 Å². The van der Waals surface area contributed by atoms with Gasteiger partial charge < -0.3 is 24.1 Å². The molecule has 0 amide bonds. The van der Waals surface area contributed by atoms with Crippen molar-refractivity contribution in [1.82, 2.24) is 0 Å². The summed E-state index contributed by atoms with van der Waals surface area (Å²) in [6.45, 7) is 7.58. The summed E-state index contributed by atoms with van der Waals surface area (Å²) in [5.41, 5.74) is 16.7. The molecule has 13 nitrogen and oxygen atoms in total. The van der Waals surface area contributed by atoms with Crippen molar-refractivity contribution in [2.24, 2.45) is 22.1 Å². The Labute approximate surface area is 195 Å². The number of azide groups is 2. The maximum absolute atomic E-state index is 11.8. The lowest BCUT2D eigenvalue weighted by Crippen LogP contribution is -2.57. The van der Waals surface area contributed by atoms with E-state index in [1.54, 1.807) is 13.8 Å². The Balaban J connectivity index is 2.37. The number of hydrogen-bond acceptors (Lipinski definition) is 10. The number of aliphatic hydroxyl groups is 1. The zero-order valence-electron chi connectivity index (χ0n) is 19.2. The molecular formula is C19H30N6O7S. The smallest absolute Gasteiger partial charge is 0.303 e. The van der Waals surface area contributed by atoms with Crippen LogP contribution in [-0.4, -0.2) is 71.0 Å². The number of carbonyl (C=O) groups excluding carboxylic acids is 2. The molecule has 184 valence electrons. The van der Waals surface area contributed by atoms with Gasteiger partial charge in [-0.15, -0.1) is 0 Å². The lowest BCUT2D eigenvalue weighted by molar-refractivity contribution is -0.176. The van der Waals surface area contributed by atoms with Gasteiger partial charge in [0.2, 0.25) is 0 Å². The second-order valence-corrected chi connectivity index (χ2v) is 9.27. The highest BCUT2D eigenvalue weighted by atomic mass is 32.2. The third kappa shape index (κ3) is 6.44. The van der Waals surface area contributed by atoms with Gasteiger partial charge in [-0.25, -0.2) is 0 Å². The van der Waals surface area contributed by atoms with E-state index in [-0.39, 0.29) is 6.61 Å². The average molecular weight is 487 g/mol. The first-order valence-electron chi connectivity index (χ1n) is 10.7. The molecule has 2 fully saturated rings. The standard InChI is InChI=1S/C19H30N6O7S/c1-6-12-16(29-10(4)27)15(23-25-21)9(3)18(31-12)33-19-17(30-11(5)28)14(22-24-20)8(2)13(7-26)32-19/h8-9,12-19,26H,6-7H2,1-5H3/t8?,9-,12?,13?,14-,15?,16+,17?,18?,19+/m1/s1. The van der Waals surface area contributed by atoms with E-state index >= 15 is 0 Å².